The van der Waals surface area contributed by atoms with Crippen LogP contribution in [0.25, 0.3) is 32.6 Å². The molecule has 2 N–H and O–H groups in total. The first kappa shape index (κ1) is 25.0. The van der Waals surface area contributed by atoms with Gasteiger partial charge >= 0.3 is 6.03 Å². The fraction of sp³-hybridized carbons (Fsp3) is 0.281. The lowest BCUT2D eigenvalue weighted by Gasteiger charge is -2.35. The van der Waals surface area contributed by atoms with Crippen LogP contribution in [0.1, 0.15) is 29.7 Å². The van der Waals surface area contributed by atoms with Crippen LogP contribution >= 0.6 is 11.3 Å². The molecular weight excluding hydrogens is 516 g/mol. The van der Waals surface area contributed by atoms with Gasteiger partial charge in [-0.3, -0.25) is 15.0 Å². The van der Waals surface area contributed by atoms with E-state index in [1.165, 1.54) is 15.6 Å². The van der Waals surface area contributed by atoms with E-state index in [4.69, 9.17) is 0 Å². The number of hydrogen-bond acceptors (Lipinski definition) is 5. The van der Waals surface area contributed by atoms with Crippen LogP contribution in [0.5, 0.6) is 0 Å². The molecule has 5 aromatic rings. The van der Waals surface area contributed by atoms with Gasteiger partial charge in [0.25, 0.3) is 0 Å². The maximum absolute atomic E-state index is 13.4. The molecule has 1 fully saturated rings. The molecule has 0 spiro atoms. The number of likely N-dealkylation sites (tertiary alicyclic amines) is 1. The second kappa shape index (κ2) is 10.9. The summed E-state index contributed by atoms with van der Waals surface area (Å²) in [5.41, 5.74) is 7.45. The third-order valence-corrected chi connectivity index (χ3v) is 9.13. The van der Waals surface area contributed by atoms with Crippen molar-refractivity contribution < 1.29 is 4.79 Å². The van der Waals surface area contributed by atoms with E-state index in [0.717, 1.165) is 72.7 Å². The van der Waals surface area contributed by atoms with Gasteiger partial charge in [0, 0.05) is 65.4 Å². The number of pyridine rings is 1. The molecule has 1 saturated heterocycles. The second-order valence-electron chi connectivity index (χ2n) is 10.8. The summed E-state index contributed by atoms with van der Waals surface area (Å²) in [4.78, 5) is 22.5. The molecule has 1 unspecified atom stereocenters. The first-order valence-electron chi connectivity index (χ1n) is 14.0. The molecule has 2 amide bonds. The Morgan fingerprint density at radius 3 is 2.77 bits per heavy atom. The van der Waals surface area contributed by atoms with Gasteiger partial charge < -0.3 is 10.2 Å². The van der Waals surface area contributed by atoms with Crippen LogP contribution in [-0.2, 0) is 19.5 Å². The summed E-state index contributed by atoms with van der Waals surface area (Å²) in [5, 5.41) is 14.8. The quantitative estimate of drug-likeness (QED) is 0.279. The SMILES string of the molecule is O=C(NC1CCCN(Cc2csc3ccccc23)C1)N1CCc2[nH]nc(-c3ccc(-c4ccccc4)nc3)c2C1. The van der Waals surface area contributed by atoms with Crippen LogP contribution in [0.4, 0.5) is 4.79 Å². The summed E-state index contributed by atoms with van der Waals surface area (Å²) in [6.45, 7) is 4.11. The van der Waals surface area contributed by atoms with E-state index in [9.17, 15) is 4.79 Å². The number of nitrogens with zero attached hydrogens (tertiary/aromatic N) is 4. The van der Waals surface area contributed by atoms with Crippen molar-refractivity contribution in [3.63, 3.8) is 0 Å². The Balaban J connectivity index is 1.00. The molecule has 0 radical (unpaired) electrons. The Morgan fingerprint density at radius 1 is 1.02 bits per heavy atom. The summed E-state index contributed by atoms with van der Waals surface area (Å²) in [6.07, 6.45) is 4.76. The predicted molar refractivity (Wildman–Crippen MR) is 160 cm³/mol. The summed E-state index contributed by atoms with van der Waals surface area (Å²) >= 11 is 1.81. The first-order chi connectivity index (χ1) is 19.7. The van der Waals surface area contributed by atoms with Gasteiger partial charge in [-0.15, -0.1) is 11.3 Å². The number of amides is 2. The topological polar surface area (TPSA) is 77.2 Å². The van der Waals surface area contributed by atoms with Gasteiger partial charge in [0.15, 0.2) is 0 Å². The molecule has 0 saturated carbocycles. The third-order valence-electron chi connectivity index (χ3n) is 8.12. The average Bonchev–Trinajstić information content (AvgIpc) is 3.62. The van der Waals surface area contributed by atoms with Crippen LogP contribution < -0.4 is 5.32 Å². The number of benzene rings is 2. The summed E-state index contributed by atoms with van der Waals surface area (Å²) in [7, 11) is 0. The van der Waals surface area contributed by atoms with E-state index >= 15 is 0 Å². The highest BCUT2D eigenvalue weighted by atomic mass is 32.1. The Kier molecular flexibility index (Phi) is 6.79. The molecule has 2 aliphatic heterocycles. The smallest absolute Gasteiger partial charge is 0.317 e. The number of thiophene rings is 1. The Bertz CT molecular complexity index is 1630. The van der Waals surface area contributed by atoms with Gasteiger partial charge in [0.2, 0.25) is 0 Å². The van der Waals surface area contributed by atoms with E-state index in [0.29, 0.717) is 13.1 Å². The number of fused-ring (bicyclic) bond motifs is 2. The lowest BCUT2D eigenvalue weighted by molar-refractivity contribution is 0.160. The largest absolute Gasteiger partial charge is 0.334 e. The van der Waals surface area contributed by atoms with Crippen LogP contribution in [0.15, 0.2) is 78.3 Å². The van der Waals surface area contributed by atoms with Gasteiger partial charge in [-0.25, -0.2) is 4.79 Å². The van der Waals surface area contributed by atoms with Crippen molar-refractivity contribution in [2.45, 2.75) is 38.4 Å². The van der Waals surface area contributed by atoms with Crippen LogP contribution in [-0.4, -0.2) is 56.7 Å². The molecule has 7 rings (SSSR count). The van der Waals surface area contributed by atoms with Crippen LogP contribution in [0, 0.1) is 0 Å². The monoisotopic (exact) mass is 548 g/mol. The zero-order chi connectivity index (χ0) is 26.9. The number of nitrogens with one attached hydrogen (secondary N) is 2. The highest BCUT2D eigenvalue weighted by Crippen LogP contribution is 2.30. The number of urea groups is 1. The van der Waals surface area contributed by atoms with Gasteiger partial charge in [0.1, 0.15) is 0 Å². The first-order valence-corrected chi connectivity index (χ1v) is 14.9. The maximum Gasteiger partial charge on any atom is 0.317 e. The Morgan fingerprint density at radius 2 is 1.90 bits per heavy atom. The minimum atomic E-state index is 0.0168. The molecule has 7 nitrogen and oxygen atoms in total. The Labute approximate surface area is 237 Å². The van der Waals surface area contributed by atoms with E-state index in [-0.39, 0.29) is 12.1 Å². The van der Waals surface area contributed by atoms with Gasteiger partial charge in [-0.1, -0.05) is 48.5 Å². The van der Waals surface area contributed by atoms with Crippen molar-refractivity contribution in [3.05, 3.63) is 95.1 Å². The summed E-state index contributed by atoms with van der Waals surface area (Å²) in [6, 6.07) is 23.1. The van der Waals surface area contributed by atoms with E-state index in [1.54, 1.807) is 0 Å². The molecule has 0 bridgehead atoms. The maximum atomic E-state index is 13.4. The molecule has 2 aromatic carbocycles. The van der Waals surface area contributed by atoms with Crippen molar-refractivity contribution in [1.82, 2.24) is 30.3 Å². The molecule has 1 atom stereocenters. The number of carbonyl (C=O) groups excluding carboxylic acids is 1. The lowest BCUT2D eigenvalue weighted by atomic mass is 10.0. The number of aromatic amines is 1. The fourth-order valence-corrected chi connectivity index (χ4v) is 6.95. The second-order valence-corrected chi connectivity index (χ2v) is 11.7. The molecule has 0 aliphatic carbocycles. The number of aromatic nitrogens is 3. The number of rotatable bonds is 5. The van der Waals surface area contributed by atoms with E-state index in [2.05, 4.69) is 73.2 Å². The van der Waals surface area contributed by atoms with E-state index in [1.807, 2.05) is 46.7 Å². The molecule has 3 aromatic heterocycles. The number of H-pyrrole nitrogens is 1. The minimum Gasteiger partial charge on any atom is -0.334 e. The van der Waals surface area contributed by atoms with Crippen LogP contribution in [0.3, 0.4) is 0 Å². The van der Waals surface area contributed by atoms with Crippen LogP contribution in [0.2, 0.25) is 0 Å². The minimum absolute atomic E-state index is 0.0168. The normalized spacial score (nSPS) is 17.6. The molecule has 202 valence electrons. The number of piperidine rings is 1. The number of hydrogen-bond donors (Lipinski definition) is 2. The lowest BCUT2D eigenvalue weighted by Crippen LogP contribution is -2.52. The standard InChI is InChI=1S/C32H32N6OS/c39-32(34-25-9-6-15-37(19-25)18-24-21-40-30-11-5-4-10-26(24)30)38-16-14-29-27(20-38)31(36-35-29)23-12-13-28(33-17-23)22-7-2-1-3-8-22/h1-5,7-8,10-13,17,21,25H,6,9,14-16,18-20H2,(H,34,39)(H,35,36). The highest BCUT2D eigenvalue weighted by molar-refractivity contribution is 7.17. The molecular formula is C32H32N6OS. The summed E-state index contributed by atoms with van der Waals surface area (Å²) in [5.74, 6) is 0. The number of carbonyl (C=O) groups is 1. The van der Waals surface area contributed by atoms with Gasteiger partial charge in [0.05, 0.1) is 17.9 Å². The summed E-state index contributed by atoms with van der Waals surface area (Å²) < 4.78 is 1.34. The third kappa shape index (κ3) is 5.00. The predicted octanol–water partition coefficient (Wildman–Crippen LogP) is 6.09. The molecule has 8 heteroatoms. The fourth-order valence-electron chi connectivity index (χ4n) is 6.00. The van der Waals surface area contributed by atoms with Crippen molar-refractivity contribution in [3.8, 4) is 22.5 Å². The Hall–Kier alpha value is -4.01. The van der Waals surface area contributed by atoms with E-state index < -0.39 is 0 Å². The van der Waals surface area contributed by atoms with Gasteiger partial charge in [-0.2, -0.15) is 5.10 Å². The van der Waals surface area contributed by atoms with Crippen molar-refractivity contribution >= 4 is 27.5 Å². The zero-order valence-electron chi connectivity index (χ0n) is 22.3. The molecule has 2 aliphatic rings. The van der Waals surface area contributed by atoms with Gasteiger partial charge in [-0.05, 0) is 53.9 Å². The van der Waals surface area contributed by atoms with Crippen molar-refractivity contribution in [2.24, 2.45) is 0 Å². The molecule has 40 heavy (non-hydrogen) atoms. The highest BCUT2D eigenvalue weighted by Gasteiger charge is 2.28. The van der Waals surface area contributed by atoms with Crippen molar-refractivity contribution in [1.29, 1.82) is 0 Å². The van der Waals surface area contributed by atoms with Crippen molar-refractivity contribution in [2.75, 3.05) is 19.6 Å². The zero-order valence-corrected chi connectivity index (χ0v) is 23.2. The molecule has 5 heterocycles. The average molecular weight is 549 g/mol.